The van der Waals surface area contributed by atoms with Gasteiger partial charge in [-0.25, -0.2) is 0 Å². The Labute approximate surface area is 94.2 Å². The Hall–Kier alpha value is -0.0800. The third-order valence-electron chi connectivity index (χ3n) is 4.78. The fourth-order valence-corrected chi connectivity index (χ4v) is 3.23. The maximum Gasteiger partial charge on any atom is 0.0357 e. The zero-order valence-corrected chi connectivity index (χ0v) is 10.5. The molecule has 0 bridgehead atoms. The highest BCUT2D eigenvalue weighted by molar-refractivity contribution is 5.05. The van der Waals surface area contributed by atoms with Gasteiger partial charge < -0.3 is 10.6 Å². The third kappa shape index (κ3) is 2.07. The van der Waals surface area contributed by atoms with Crippen molar-refractivity contribution in [1.82, 2.24) is 4.90 Å². The van der Waals surface area contributed by atoms with E-state index in [1.807, 2.05) is 0 Å². The normalized spacial score (nSPS) is 39.4. The van der Waals surface area contributed by atoms with Gasteiger partial charge in [0.25, 0.3) is 0 Å². The van der Waals surface area contributed by atoms with Crippen molar-refractivity contribution in [2.75, 3.05) is 14.1 Å². The van der Waals surface area contributed by atoms with Gasteiger partial charge in [-0.1, -0.05) is 6.92 Å². The van der Waals surface area contributed by atoms with Gasteiger partial charge >= 0.3 is 0 Å². The van der Waals surface area contributed by atoms with Crippen molar-refractivity contribution >= 4 is 0 Å². The van der Waals surface area contributed by atoms with Crippen LogP contribution in [-0.2, 0) is 0 Å². The molecule has 2 heteroatoms. The summed E-state index contributed by atoms with van der Waals surface area (Å²) in [6.45, 7) is 2.38. The molecule has 0 heterocycles. The summed E-state index contributed by atoms with van der Waals surface area (Å²) in [4.78, 5) is 2.42. The predicted octanol–water partition coefficient (Wildman–Crippen LogP) is 2.23. The molecular weight excluding hydrogens is 184 g/mol. The molecule has 2 N–H and O–H groups in total. The third-order valence-corrected chi connectivity index (χ3v) is 4.78. The molecule has 0 aromatic heterocycles. The van der Waals surface area contributed by atoms with Crippen LogP contribution in [0.2, 0.25) is 0 Å². The molecule has 0 aliphatic heterocycles. The molecule has 2 aliphatic rings. The van der Waals surface area contributed by atoms with E-state index in [0.717, 1.165) is 11.8 Å². The largest absolute Gasteiger partial charge is 0.326 e. The molecule has 88 valence electrons. The quantitative estimate of drug-likeness (QED) is 0.774. The molecule has 0 aromatic carbocycles. The van der Waals surface area contributed by atoms with Crippen molar-refractivity contribution in [3.63, 3.8) is 0 Å². The first-order valence-electron chi connectivity index (χ1n) is 6.49. The Morgan fingerprint density at radius 3 is 2.07 bits per heavy atom. The van der Waals surface area contributed by atoms with Gasteiger partial charge in [-0.2, -0.15) is 0 Å². The van der Waals surface area contributed by atoms with Crippen molar-refractivity contribution in [2.45, 2.75) is 57.0 Å². The van der Waals surface area contributed by atoms with E-state index in [9.17, 15) is 0 Å². The van der Waals surface area contributed by atoms with Crippen LogP contribution in [0.3, 0.4) is 0 Å². The van der Waals surface area contributed by atoms with Crippen LogP contribution in [0.1, 0.15) is 45.4 Å². The van der Waals surface area contributed by atoms with E-state index in [1.54, 1.807) is 0 Å². The van der Waals surface area contributed by atoms with Gasteiger partial charge in [0.15, 0.2) is 0 Å². The monoisotopic (exact) mass is 210 g/mol. The number of rotatable bonds is 3. The van der Waals surface area contributed by atoms with Crippen LogP contribution in [0.15, 0.2) is 0 Å². The molecule has 2 saturated carbocycles. The highest BCUT2D eigenvalue weighted by Gasteiger charge is 2.47. The van der Waals surface area contributed by atoms with Gasteiger partial charge in [0.1, 0.15) is 0 Å². The second-order valence-electron chi connectivity index (χ2n) is 6.04. The molecule has 1 unspecified atom stereocenters. The van der Waals surface area contributed by atoms with Crippen LogP contribution < -0.4 is 5.73 Å². The van der Waals surface area contributed by atoms with Crippen LogP contribution in [0, 0.1) is 11.8 Å². The SMILES string of the molecule is CC1CCC(C(N)C2CC2)(N(C)C)CC1. The van der Waals surface area contributed by atoms with E-state index in [1.165, 1.54) is 38.5 Å². The first kappa shape index (κ1) is 11.4. The predicted molar refractivity (Wildman–Crippen MR) is 64.7 cm³/mol. The van der Waals surface area contributed by atoms with Gasteiger partial charge in [-0.05, 0) is 64.5 Å². The summed E-state index contributed by atoms with van der Waals surface area (Å²) in [5, 5.41) is 0. The lowest BCUT2D eigenvalue weighted by Crippen LogP contribution is -2.59. The van der Waals surface area contributed by atoms with Crippen LogP contribution in [0.25, 0.3) is 0 Å². The molecule has 0 aromatic rings. The standard InChI is InChI=1S/C13H26N2/c1-10-6-8-13(9-7-10,15(2)3)12(14)11-4-5-11/h10-12H,4-9,14H2,1-3H3. The summed E-state index contributed by atoms with van der Waals surface area (Å²) in [7, 11) is 4.44. The minimum Gasteiger partial charge on any atom is -0.326 e. The van der Waals surface area contributed by atoms with Crippen LogP contribution >= 0.6 is 0 Å². The van der Waals surface area contributed by atoms with E-state index in [-0.39, 0.29) is 0 Å². The fourth-order valence-electron chi connectivity index (χ4n) is 3.23. The molecule has 15 heavy (non-hydrogen) atoms. The molecular formula is C13H26N2. The Morgan fingerprint density at radius 1 is 1.13 bits per heavy atom. The Kier molecular flexibility index (Phi) is 3.09. The van der Waals surface area contributed by atoms with E-state index in [2.05, 4.69) is 25.9 Å². The Morgan fingerprint density at radius 2 is 1.67 bits per heavy atom. The lowest BCUT2D eigenvalue weighted by atomic mass is 9.71. The summed E-state index contributed by atoms with van der Waals surface area (Å²) >= 11 is 0. The van der Waals surface area contributed by atoms with Crippen LogP contribution in [-0.4, -0.2) is 30.6 Å². The average Bonchev–Trinajstić information content (AvgIpc) is 3.01. The van der Waals surface area contributed by atoms with E-state index >= 15 is 0 Å². The van der Waals surface area contributed by atoms with E-state index in [0.29, 0.717) is 11.6 Å². The van der Waals surface area contributed by atoms with Crippen molar-refractivity contribution in [2.24, 2.45) is 17.6 Å². The zero-order valence-electron chi connectivity index (χ0n) is 10.5. The molecule has 0 saturated heterocycles. The second kappa shape index (κ2) is 4.06. The molecule has 2 nitrogen and oxygen atoms in total. The summed E-state index contributed by atoms with van der Waals surface area (Å²) < 4.78 is 0. The Balaban J connectivity index is 2.09. The first-order chi connectivity index (χ1) is 7.06. The zero-order chi connectivity index (χ0) is 11.1. The molecule has 0 amide bonds. The lowest BCUT2D eigenvalue weighted by Gasteiger charge is -2.48. The topological polar surface area (TPSA) is 29.3 Å². The minimum atomic E-state index is 0.313. The van der Waals surface area contributed by atoms with Gasteiger partial charge in [0.2, 0.25) is 0 Å². The smallest absolute Gasteiger partial charge is 0.0357 e. The average molecular weight is 210 g/mol. The molecule has 2 rings (SSSR count). The van der Waals surface area contributed by atoms with Crippen molar-refractivity contribution in [3.8, 4) is 0 Å². The molecule has 2 fully saturated rings. The summed E-state index contributed by atoms with van der Waals surface area (Å²) in [5.74, 6) is 1.73. The summed E-state index contributed by atoms with van der Waals surface area (Å²) in [5.41, 5.74) is 6.81. The van der Waals surface area contributed by atoms with Gasteiger partial charge in [0, 0.05) is 11.6 Å². The van der Waals surface area contributed by atoms with Gasteiger partial charge in [-0.15, -0.1) is 0 Å². The number of hydrogen-bond donors (Lipinski definition) is 1. The number of nitrogens with two attached hydrogens (primary N) is 1. The summed E-state index contributed by atoms with van der Waals surface area (Å²) in [6, 6.07) is 0.417. The number of hydrogen-bond acceptors (Lipinski definition) is 2. The van der Waals surface area contributed by atoms with E-state index in [4.69, 9.17) is 5.73 Å². The number of nitrogens with zero attached hydrogens (tertiary/aromatic N) is 1. The van der Waals surface area contributed by atoms with Crippen LogP contribution in [0.4, 0.5) is 0 Å². The van der Waals surface area contributed by atoms with Crippen molar-refractivity contribution < 1.29 is 0 Å². The van der Waals surface area contributed by atoms with E-state index < -0.39 is 0 Å². The fraction of sp³-hybridized carbons (Fsp3) is 1.00. The second-order valence-corrected chi connectivity index (χ2v) is 6.04. The number of likely N-dealkylation sites (N-methyl/N-ethyl adjacent to an activating group) is 1. The summed E-state index contributed by atoms with van der Waals surface area (Å²) in [6.07, 6.45) is 8.06. The molecule has 0 spiro atoms. The maximum atomic E-state index is 6.49. The first-order valence-corrected chi connectivity index (χ1v) is 6.49. The van der Waals surface area contributed by atoms with Crippen molar-refractivity contribution in [1.29, 1.82) is 0 Å². The molecule has 1 atom stereocenters. The maximum absolute atomic E-state index is 6.49. The Bertz CT molecular complexity index is 213. The molecule has 0 radical (unpaired) electrons. The minimum absolute atomic E-state index is 0.313. The van der Waals surface area contributed by atoms with Crippen molar-refractivity contribution in [3.05, 3.63) is 0 Å². The van der Waals surface area contributed by atoms with Gasteiger partial charge in [-0.3, -0.25) is 0 Å². The van der Waals surface area contributed by atoms with Crippen LogP contribution in [0.5, 0.6) is 0 Å². The molecule has 2 aliphatic carbocycles. The van der Waals surface area contributed by atoms with Gasteiger partial charge in [0.05, 0.1) is 0 Å². The lowest BCUT2D eigenvalue weighted by molar-refractivity contribution is 0.0497. The highest BCUT2D eigenvalue weighted by Crippen LogP contribution is 2.44. The highest BCUT2D eigenvalue weighted by atomic mass is 15.2.